The molecule has 0 spiro atoms. The first-order valence-corrected chi connectivity index (χ1v) is 6.30. The van der Waals surface area contributed by atoms with Crippen molar-refractivity contribution in [2.45, 2.75) is 6.92 Å². The quantitative estimate of drug-likeness (QED) is 0.308. The lowest BCUT2D eigenvalue weighted by Gasteiger charge is -2.10. The van der Waals surface area contributed by atoms with Crippen molar-refractivity contribution in [3.63, 3.8) is 0 Å². The molecule has 0 amide bonds. The zero-order valence-electron chi connectivity index (χ0n) is 10.9. The second-order valence-electron chi connectivity index (χ2n) is 4.59. The lowest BCUT2D eigenvalue weighted by atomic mass is 10.0. The van der Waals surface area contributed by atoms with E-state index in [-0.39, 0.29) is 0 Å². The molecule has 3 aromatic carbocycles. The van der Waals surface area contributed by atoms with Crippen molar-refractivity contribution in [2.24, 2.45) is 0 Å². The van der Waals surface area contributed by atoms with Gasteiger partial charge in [-0.25, -0.2) is 4.79 Å². The van der Waals surface area contributed by atoms with Crippen molar-refractivity contribution in [1.29, 1.82) is 0 Å². The molecule has 20 heavy (non-hydrogen) atoms. The Balaban J connectivity index is 2.33. The van der Waals surface area contributed by atoms with Crippen molar-refractivity contribution in [1.82, 2.24) is 0 Å². The fourth-order valence-electron chi connectivity index (χ4n) is 2.25. The monoisotopic (exact) mass is 264 g/mol. The van der Waals surface area contributed by atoms with Crippen LogP contribution in [-0.4, -0.2) is 11.8 Å². The van der Waals surface area contributed by atoms with Gasteiger partial charge in [-0.15, -0.1) is 0 Å². The first-order valence-electron chi connectivity index (χ1n) is 6.30. The fourth-order valence-corrected chi connectivity index (χ4v) is 2.25. The van der Waals surface area contributed by atoms with Crippen LogP contribution in [0.5, 0.6) is 5.75 Å². The third kappa shape index (κ3) is 2.03. The molecule has 0 N–H and O–H groups in total. The topological polar surface area (TPSA) is 43.4 Å². The van der Waals surface area contributed by atoms with Gasteiger partial charge in [-0.3, -0.25) is 4.79 Å². The number of Topliss-reactive ketones (excluding diaryl/α,β-unsaturated/α-hetero) is 1. The summed E-state index contributed by atoms with van der Waals surface area (Å²) in [6, 6.07) is 17.3. The SMILES string of the molecule is CC(=O)C(=O)Oc1c2ccccc2cc2ccccc12. The molecule has 0 aliphatic heterocycles. The molecule has 0 unspecified atom stereocenters. The number of carbonyl (C=O) groups is 2. The highest BCUT2D eigenvalue weighted by Gasteiger charge is 2.15. The van der Waals surface area contributed by atoms with E-state index in [1.54, 1.807) is 0 Å². The first-order chi connectivity index (χ1) is 9.66. The maximum absolute atomic E-state index is 11.6. The Hall–Kier alpha value is -2.68. The van der Waals surface area contributed by atoms with Gasteiger partial charge in [0, 0.05) is 17.7 Å². The van der Waals surface area contributed by atoms with Crippen LogP contribution in [0.15, 0.2) is 54.6 Å². The van der Waals surface area contributed by atoms with Crippen LogP contribution in [0, 0.1) is 0 Å². The van der Waals surface area contributed by atoms with E-state index in [0.29, 0.717) is 5.75 Å². The molecular weight excluding hydrogens is 252 g/mol. The maximum Gasteiger partial charge on any atom is 0.379 e. The predicted octanol–water partition coefficient (Wildman–Crippen LogP) is 3.49. The highest BCUT2D eigenvalue weighted by Crippen LogP contribution is 2.34. The molecule has 0 atom stereocenters. The smallest absolute Gasteiger partial charge is 0.379 e. The van der Waals surface area contributed by atoms with Crippen LogP contribution in [0.25, 0.3) is 21.5 Å². The molecule has 0 radical (unpaired) electrons. The molecule has 3 rings (SSSR count). The summed E-state index contributed by atoms with van der Waals surface area (Å²) in [6.45, 7) is 1.20. The molecule has 0 saturated carbocycles. The zero-order chi connectivity index (χ0) is 14.1. The van der Waals surface area contributed by atoms with E-state index in [9.17, 15) is 9.59 Å². The maximum atomic E-state index is 11.6. The minimum absolute atomic E-state index is 0.443. The summed E-state index contributed by atoms with van der Waals surface area (Å²) in [7, 11) is 0. The van der Waals surface area contributed by atoms with Crippen molar-refractivity contribution in [3.05, 3.63) is 54.6 Å². The number of benzene rings is 3. The highest BCUT2D eigenvalue weighted by atomic mass is 16.5. The summed E-state index contributed by atoms with van der Waals surface area (Å²) in [4.78, 5) is 22.8. The number of fused-ring (bicyclic) bond motifs is 2. The normalized spacial score (nSPS) is 10.7. The number of hydrogen-bond donors (Lipinski definition) is 0. The number of esters is 1. The van der Waals surface area contributed by atoms with Gasteiger partial charge < -0.3 is 4.74 Å². The number of ether oxygens (including phenoxy) is 1. The third-order valence-electron chi connectivity index (χ3n) is 3.20. The van der Waals surface area contributed by atoms with E-state index in [2.05, 4.69) is 0 Å². The van der Waals surface area contributed by atoms with Crippen molar-refractivity contribution in [2.75, 3.05) is 0 Å². The average molecular weight is 264 g/mol. The Bertz CT molecular complexity index is 780. The van der Waals surface area contributed by atoms with Crippen LogP contribution in [-0.2, 0) is 9.59 Å². The van der Waals surface area contributed by atoms with Gasteiger partial charge in [0.2, 0.25) is 5.78 Å². The van der Waals surface area contributed by atoms with Gasteiger partial charge in [0.25, 0.3) is 0 Å². The summed E-state index contributed by atoms with van der Waals surface area (Å²) in [5.41, 5.74) is 0. The Labute approximate surface area is 115 Å². The number of rotatable bonds is 2. The molecule has 3 nitrogen and oxygen atoms in total. The molecule has 3 aromatic rings. The molecule has 98 valence electrons. The first kappa shape index (κ1) is 12.4. The van der Waals surface area contributed by atoms with E-state index >= 15 is 0 Å². The lowest BCUT2D eigenvalue weighted by molar-refractivity contribution is -0.145. The number of ketones is 1. The van der Waals surface area contributed by atoms with Gasteiger partial charge in [0.15, 0.2) is 0 Å². The molecule has 0 heterocycles. The van der Waals surface area contributed by atoms with Crippen LogP contribution in [0.1, 0.15) is 6.92 Å². The summed E-state index contributed by atoms with van der Waals surface area (Å²) in [5.74, 6) is -1.01. The van der Waals surface area contributed by atoms with Gasteiger partial charge in [-0.2, -0.15) is 0 Å². The summed E-state index contributed by atoms with van der Waals surface area (Å²) in [6.07, 6.45) is 0. The largest absolute Gasteiger partial charge is 0.419 e. The average Bonchev–Trinajstić information content (AvgIpc) is 2.46. The van der Waals surface area contributed by atoms with Gasteiger partial charge >= 0.3 is 5.97 Å². The summed E-state index contributed by atoms with van der Waals surface area (Å²) < 4.78 is 5.31. The number of hydrogen-bond acceptors (Lipinski definition) is 3. The summed E-state index contributed by atoms with van der Waals surface area (Å²) in [5, 5.41) is 3.58. The second-order valence-corrected chi connectivity index (χ2v) is 4.59. The van der Waals surface area contributed by atoms with Crippen molar-refractivity contribution in [3.8, 4) is 5.75 Å². The molecule has 0 aromatic heterocycles. The van der Waals surface area contributed by atoms with Gasteiger partial charge in [-0.1, -0.05) is 48.5 Å². The molecule has 0 bridgehead atoms. The fraction of sp³-hybridized carbons (Fsp3) is 0.0588. The Kier molecular flexibility index (Phi) is 2.95. The van der Waals surface area contributed by atoms with E-state index in [1.807, 2.05) is 54.6 Å². The second kappa shape index (κ2) is 4.78. The molecule has 0 fully saturated rings. The Morgan fingerprint density at radius 1 is 0.850 bits per heavy atom. The minimum Gasteiger partial charge on any atom is -0.419 e. The number of carbonyl (C=O) groups excluding carboxylic acids is 2. The molecular formula is C17H12O3. The van der Waals surface area contributed by atoms with Crippen molar-refractivity contribution >= 4 is 33.3 Å². The zero-order valence-corrected chi connectivity index (χ0v) is 10.9. The van der Waals surface area contributed by atoms with Crippen LogP contribution >= 0.6 is 0 Å². The van der Waals surface area contributed by atoms with E-state index in [0.717, 1.165) is 21.5 Å². The van der Waals surface area contributed by atoms with Gasteiger partial charge in [0.1, 0.15) is 5.75 Å². The predicted molar refractivity (Wildman–Crippen MR) is 77.8 cm³/mol. The van der Waals surface area contributed by atoms with E-state index < -0.39 is 11.8 Å². The highest BCUT2D eigenvalue weighted by molar-refractivity contribution is 6.33. The standard InChI is InChI=1S/C17H12O3/c1-11(18)17(19)20-16-14-8-4-2-6-12(14)10-13-7-3-5-9-15(13)16/h2-10H,1H3. The molecule has 0 aliphatic carbocycles. The minimum atomic E-state index is -0.841. The van der Waals surface area contributed by atoms with Gasteiger partial charge in [0.05, 0.1) is 0 Å². The Morgan fingerprint density at radius 2 is 1.35 bits per heavy atom. The van der Waals surface area contributed by atoms with Crippen LogP contribution in [0.3, 0.4) is 0 Å². The van der Waals surface area contributed by atoms with E-state index in [1.165, 1.54) is 6.92 Å². The van der Waals surface area contributed by atoms with Crippen LogP contribution < -0.4 is 4.74 Å². The summed E-state index contributed by atoms with van der Waals surface area (Å²) >= 11 is 0. The van der Waals surface area contributed by atoms with Crippen molar-refractivity contribution < 1.29 is 14.3 Å². The van der Waals surface area contributed by atoms with Crippen LogP contribution in [0.2, 0.25) is 0 Å². The lowest BCUT2D eigenvalue weighted by Crippen LogP contribution is -2.17. The molecule has 0 saturated heterocycles. The molecule has 3 heteroatoms. The van der Waals surface area contributed by atoms with Gasteiger partial charge in [-0.05, 0) is 16.8 Å². The third-order valence-corrected chi connectivity index (χ3v) is 3.20. The van der Waals surface area contributed by atoms with Crippen LogP contribution in [0.4, 0.5) is 0 Å². The Morgan fingerprint density at radius 3 is 1.85 bits per heavy atom. The van der Waals surface area contributed by atoms with E-state index in [4.69, 9.17) is 4.74 Å². The molecule has 0 aliphatic rings.